The Morgan fingerprint density at radius 3 is 2.46 bits per heavy atom. The van der Waals surface area contributed by atoms with Crippen molar-refractivity contribution in [2.24, 2.45) is 5.92 Å². The summed E-state index contributed by atoms with van der Waals surface area (Å²) in [6.45, 7) is 2.36. The number of methoxy groups -OCH3 is 2. The molecule has 1 saturated heterocycles. The number of halogens is 2. The van der Waals surface area contributed by atoms with Crippen LogP contribution in [-0.2, 0) is 4.74 Å². The topological polar surface area (TPSA) is 81.6 Å². The summed E-state index contributed by atoms with van der Waals surface area (Å²) in [6.07, 6.45) is 6.33. The maximum Gasteiger partial charge on any atom is 0.223 e. The van der Waals surface area contributed by atoms with E-state index in [-0.39, 0.29) is 6.04 Å². The zero-order valence-corrected chi connectivity index (χ0v) is 21.6. The van der Waals surface area contributed by atoms with Gasteiger partial charge in [0, 0.05) is 43.4 Å². The average Bonchev–Trinajstić information content (AvgIpc) is 3.68. The molecule has 0 spiro atoms. The van der Waals surface area contributed by atoms with Crippen LogP contribution < -0.4 is 19.7 Å². The third-order valence-electron chi connectivity index (χ3n) is 6.46. The quantitative estimate of drug-likeness (QED) is 0.422. The summed E-state index contributed by atoms with van der Waals surface area (Å²) in [5.74, 6) is 2.92. The lowest BCUT2D eigenvalue weighted by Crippen LogP contribution is -2.30. The van der Waals surface area contributed by atoms with Gasteiger partial charge in [-0.15, -0.1) is 0 Å². The highest BCUT2D eigenvalue weighted by molar-refractivity contribution is 6.41. The molecule has 1 atom stereocenters. The summed E-state index contributed by atoms with van der Waals surface area (Å²) in [5.41, 5.74) is 1.93. The van der Waals surface area contributed by atoms with E-state index in [2.05, 4.69) is 15.2 Å². The Balaban J connectivity index is 1.63. The third kappa shape index (κ3) is 5.06. The van der Waals surface area contributed by atoms with E-state index in [1.165, 1.54) is 12.8 Å². The van der Waals surface area contributed by atoms with E-state index in [1.54, 1.807) is 20.3 Å². The summed E-state index contributed by atoms with van der Waals surface area (Å²) in [7, 11) is 5.16. The number of benzene rings is 1. The molecular weight excluding hydrogens is 489 g/mol. The van der Waals surface area contributed by atoms with Gasteiger partial charge in [-0.3, -0.25) is 0 Å². The number of fused-ring (bicyclic) bond motifs is 1. The van der Waals surface area contributed by atoms with Crippen molar-refractivity contribution in [3.63, 3.8) is 0 Å². The molecule has 8 nitrogen and oxygen atoms in total. The first-order chi connectivity index (χ1) is 17.0. The number of anilines is 2. The molecule has 2 aliphatic rings. The fraction of sp³-hybridized carbons (Fsp3) is 0.480. The fourth-order valence-electron chi connectivity index (χ4n) is 4.41. The molecule has 1 saturated carbocycles. The lowest BCUT2D eigenvalue weighted by Gasteiger charge is -2.24. The Morgan fingerprint density at radius 2 is 1.83 bits per heavy atom. The molecule has 1 aromatic carbocycles. The van der Waals surface area contributed by atoms with Gasteiger partial charge in [0.25, 0.3) is 0 Å². The van der Waals surface area contributed by atoms with Crippen LogP contribution in [-0.4, -0.2) is 62.0 Å². The van der Waals surface area contributed by atoms with Gasteiger partial charge in [0.1, 0.15) is 17.0 Å². The van der Waals surface area contributed by atoms with Crippen molar-refractivity contribution >= 4 is 45.9 Å². The van der Waals surface area contributed by atoms with E-state index in [4.69, 9.17) is 47.4 Å². The van der Waals surface area contributed by atoms with Crippen LogP contribution in [0.1, 0.15) is 25.7 Å². The number of aromatic nitrogens is 3. The number of hydrogen-bond acceptors (Lipinski definition) is 8. The SMILES string of the molecule is COc1cc(OC)c(Cl)c(-c2cc3cnc(NC4CCCOC4)nc3c(N(C)CC3CC3)n2)c1Cl. The molecule has 2 aromatic heterocycles. The van der Waals surface area contributed by atoms with Crippen molar-refractivity contribution in [1.82, 2.24) is 15.0 Å². The first-order valence-electron chi connectivity index (χ1n) is 11.8. The Morgan fingerprint density at radius 1 is 1.09 bits per heavy atom. The second-order valence-corrected chi connectivity index (χ2v) is 9.88. The number of pyridine rings is 1. The number of nitrogens with one attached hydrogen (secondary N) is 1. The van der Waals surface area contributed by atoms with Crippen LogP contribution in [0.3, 0.4) is 0 Å². The number of rotatable bonds is 8. The normalized spacial score (nSPS) is 17.9. The van der Waals surface area contributed by atoms with Crippen molar-refractivity contribution in [2.75, 3.05) is 51.2 Å². The Bertz CT molecular complexity index is 1200. The summed E-state index contributed by atoms with van der Waals surface area (Å²) in [6, 6.07) is 3.78. The maximum atomic E-state index is 6.72. The highest BCUT2D eigenvalue weighted by Gasteiger charge is 2.26. The Kier molecular flexibility index (Phi) is 7.05. The van der Waals surface area contributed by atoms with Crippen molar-refractivity contribution in [2.45, 2.75) is 31.7 Å². The molecule has 3 aromatic rings. The molecule has 5 rings (SSSR count). The van der Waals surface area contributed by atoms with E-state index in [1.807, 2.05) is 19.3 Å². The predicted octanol–water partition coefficient (Wildman–Crippen LogP) is 5.45. The lowest BCUT2D eigenvalue weighted by molar-refractivity contribution is 0.0874. The molecule has 186 valence electrons. The molecule has 35 heavy (non-hydrogen) atoms. The van der Waals surface area contributed by atoms with Gasteiger partial charge in [0.05, 0.1) is 42.6 Å². The first kappa shape index (κ1) is 24.2. The third-order valence-corrected chi connectivity index (χ3v) is 7.21. The minimum atomic E-state index is 0.197. The molecule has 0 radical (unpaired) electrons. The highest BCUT2D eigenvalue weighted by atomic mass is 35.5. The zero-order valence-electron chi connectivity index (χ0n) is 20.1. The second kappa shape index (κ2) is 10.2. The Hall–Kier alpha value is -2.55. The molecule has 1 unspecified atom stereocenters. The molecular formula is C25H29Cl2N5O3. The van der Waals surface area contributed by atoms with Crippen LogP contribution in [0, 0.1) is 5.92 Å². The van der Waals surface area contributed by atoms with E-state index in [9.17, 15) is 0 Å². The minimum Gasteiger partial charge on any atom is -0.495 e. The smallest absolute Gasteiger partial charge is 0.223 e. The molecule has 1 aliphatic heterocycles. The summed E-state index contributed by atoms with van der Waals surface area (Å²) >= 11 is 13.4. The van der Waals surface area contributed by atoms with Crippen LogP contribution in [0.25, 0.3) is 22.2 Å². The molecule has 2 fully saturated rings. The van der Waals surface area contributed by atoms with Crippen LogP contribution in [0.4, 0.5) is 11.8 Å². The molecule has 0 bridgehead atoms. The average molecular weight is 518 g/mol. The van der Waals surface area contributed by atoms with Gasteiger partial charge >= 0.3 is 0 Å². The first-order valence-corrected chi connectivity index (χ1v) is 12.6. The Labute approximate surface area is 214 Å². The van der Waals surface area contributed by atoms with Crippen LogP contribution in [0.15, 0.2) is 18.3 Å². The van der Waals surface area contributed by atoms with Gasteiger partial charge in [-0.05, 0) is 37.7 Å². The maximum absolute atomic E-state index is 6.72. The standard InChI is InChI=1S/C25H29Cl2N5O3/c1-32(12-14-6-7-14)24-23-15(11-28-25(31-23)29-16-5-4-8-35-13-16)9-17(30-24)20-21(26)18(33-2)10-19(34-3)22(20)27/h9-11,14,16H,4-8,12-13H2,1-3H3,(H,28,29,31). The van der Waals surface area contributed by atoms with E-state index in [0.717, 1.165) is 42.7 Å². The summed E-state index contributed by atoms with van der Waals surface area (Å²) in [4.78, 5) is 16.6. The van der Waals surface area contributed by atoms with Gasteiger partial charge in [-0.1, -0.05) is 23.2 Å². The predicted molar refractivity (Wildman–Crippen MR) is 139 cm³/mol. The summed E-state index contributed by atoms with van der Waals surface area (Å²) in [5, 5.41) is 5.00. The van der Waals surface area contributed by atoms with Crippen molar-refractivity contribution in [1.29, 1.82) is 0 Å². The van der Waals surface area contributed by atoms with Gasteiger partial charge in [0.2, 0.25) is 5.95 Å². The van der Waals surface area contributed by atoms with E-state index < -0.39 is 0 Å². The van der Waals surface area contributed by atoms with Crippen LogP contribution in [0.5, 0.6) is 11.5 Å². The molecule has 3 heterocycles. The van der Waals surface area contributed by atoms with E-state index in [0.29, 0.717) is 51.3 Å². The van der Waals surface area contributed by atoms with Gasteiger partial charge in [0.15, 0.2) is 5.82 Å². The van der Waals surface area contributed by atoms with Gasteiger partial charge in [-0.25, -0.2) is 15.0 Å². The highest BCUT2D eigenvalue weighted by Crippen LogP contribution is 2.46. The number of hydrogen-bond donors (Lipinski definition) is 1. The largest absolute Gasteiger partial charge is 0.495 e. The second-order valence-electron chi connectivity index (χ2n) is 9.13. The number of nitrogens with zero attached hydrogens (tertiary/aromatic N) is 4. The minimum absolute atomic E-state index is 0.197. The molecule has 1 aliphatic carbocycles. The van der Waals surface area contributed by atoms with Gasteiger partial charge < -0.3 is 24.4 Å². The van der Waals surface area contributed by atoms with Crippen molar-refractivity contribution in [3.05, 3.63) is 28.4 Å². The molecule has 10 heteroatoms. The molecule has 1 N–H and O–H groups in total. The zero-order chi connectivity index (χ0) is 24.5. The van der Waals surface area contributed by atoms with Crippen LogP contribution in [0.2, 0.25) is 10.0 Å². The monoisotopic (exact) mass is 517 g/mol. The molecule has 0 amide bonds. The van der Waals surface area contributed by atoms with E-state index >= 15 is 0 Å². The van der Waals surface area contributed by atoms with Crippen LogP contribution >= 0.6 is 23.2 Å². The lowest BCUT2D eigenvalue weighted by atomic mass is 10.1. The van der Waals surface area contributed by atoms with Crippen molar-refractivity contribution < 1.29 is 14.2 Å². The number of ether oxygens (including phenoxy) is 3. The fourth-order valence-corrected chi connectivity index (χ4v) is 5.10. The van der Waals surface area contributed by atoms with Gasteiger partial charge in [-0.2, -0.15) is 0 Å². The summed E-state index contributed by atoms with van der Waals surface area (Å²) < 4.78 is 16.5. The van der Waals surface area contributed by atoms with Crippen molar-refractivity contribution in [3.8, 4) is 22.8 Å².